The lowest BCUT2D eigenvalue weighted by molar-refractivity contribution is 0.0697. The van der Waals surface area contributed by atoms with Gasteiger partial charge in [0.15, 0.2) is 0 Å². The Hall–Kier alpha value is -1.70. The van der Waals surface area contributed by atoms with E-state index in [1.165, 1.54) is 6.07 Å². The number of carbonyl (C=O) groups excluding carboxylic acids is 1. The Morgan fingerprint density at radius 3 is 2.64 bits per heavy atom. The molecule has 1 aliphatic rings. The number of hydrogen-bond acceptors (Lipinski definition) is 5. The van der Waals surface area contributed by atoms with Crippen molar-refractivity contribution < 1.29 is 13.2 Å². The third-order valence-electron chi connectivity index (χ3n) is 4.31. The Labute approximate surface area is 152 Å². The summed E-state index contributed by atoms with van der Waals surface area (Å²) in [5.41, 5.74) is 0. The van der Waals surface area contributed by atoms with E-state index in [0.717, 1.165) is 37.3 Å². The molecule has 1 aromatic heterocycles. The van der Waals surface area contributed by atoms with Crippen molar-refractivity contribution in [1.29, 1.82) is 0 Å². The zero-order chi connectivity index (χ0) is 17.9. The number of benzene rings is 1. The molecule has 2 heterocycles. The van der Waals surface area contributed by atoms with Crippen LogP contribution in [0.4, 0.5) is 0 Å². The van der Waals surface area contributed by atoms with E-state index in [2.05, 4.69) is 5.32 Å². The van der Waals surface area contributed by atoms with Gasteiger partial charge in [0.2, 0.25) is 9.84 Å². The molecule has 25 heavy (non-hydrogen) atoms. The van der Waals surface area contributed by atoms with Gasteiger partial charge in [-0.1, -0.05) is 25.1 Å². The molecular formula is C18H22N2O3S2. The number of hydrogen-bond donors (Lipinski definition) is 1. The summed E-state index contributed by atoms with van der Waals surface area (Å²) < 4.78 is 25.6. The minimum atomic E-state index is -3.57. The molecule has 1 fully saturated rings. The molecule has 1 N–H and O–H groups in total. The van der Waals surface area contributed by atoms with Gasteiger partial charge in [0, 0.05) is 19.1 Å². The molecule has 1 atom stereocenters. The number of carbonyl (C=O) groups is 1. The third kappa shape index (κ3) is 3.78. The molecule has 1 saturated heterocycles. The predicted molar refractivity (Wildman–Crippen MR) is 98.8 cm³/mol. The number of rotatable bonds is 6. The molecule has 1 unspecified atom stereocenters. The number of nitrogens with one attached hydrogen (secondary N) is 1. The molecule has 2 aromatic rings. The minimum absolute atomic E-state index is 0.0740. The van der Waals surface area contributed by atoms with Crippen LogP contribution in [-0.2, 0) is 9.84 Å². The van der Waals surface area contributed by atoms with Crippen molar-refractivity contribution in [3.63, 3.8) is 0 Å². The monoisotopic (exact) mass is 378 g/mol. The first-order valence-electron chi connectivity index (χ1n) is 8.45. The van der Waals surface area contributed by atoms with Crippen LogP contribution in [0.5, 0.6) is 0 Å². The predicted octanol–water partition coefficient (Wildman–Crippen LogP) is 2.80. The highest BCUT2D eigenvalue weighted by atomic mass is 32.2. The maximum Gasteiger partial charge on any atom is 0.264 e. The largest absolute Gasteiger partial charge is 0.334 e. The number of amides is 1. The van der Waals surface area contributed by atoms with Crippen molar-refractivity contribution in [3.8, 4) is 0 Å². The third-order valence-corrected chi connectivity index (χ3v) is 7.65. The van der Waals surface area contributed by atoms with Crippen LogP contribution in [0.15, 0.2) is 51.6 Å². The summed E-state index contributed by atoms with van der Waals surface area (Å²) in [7, 11) is -3.57. The maximum atomic E-state index is 12.9. The van der Waals surface area contributed by atoms with Crippen molar-refractivity contribution >= 4 is 27.1 Å². The Bertz CT molecular complexity index is 825. The van der Waals surface area contributed by atoms with Crippen molar-refractivity contribution in [3.05, 3.63) is 47.3 Å². The van der Waals surface area contributed by atoms with Crippen molar-refractivity contribution in [1.82, 2.24) is 10.2 Å². The van der Waals surface area contributed by atoms with E-state index in [9.17, 15) is 13.2 Å². The van der Waals surface area contributed by atoms with Crippen LogP contribution in [0.25, 0.3) is 0 Å². The van der Waals surface area contributed by atoms with E-state index in [-0.39, 0.29) is 21.1 Å². The SMILES string of the molecule is CCCN(C(=O)c1ccc(S(=O)(=O)c2ccccc2)s1)C1CCNC1. The number of nitrogens with zero attached hydrogens (tertiary/aromatic N) is 1. The smallest absolute Gasteiger partial charge is 0.264 e. The second kappa shape index (κ2) is 7.68. The highest BCUT2D eigenvalue weighted by Gasteiger charge is 2.29. The van der Waals surface area contributed by atoms with E-state index in [1.54, 1.807) is 36.4 Å². The zero-order valence-electron chi connectivity index (χ0n) is 14.1. The van der Waals surface area contributed by atoms with E-state index in [0.29, 0.717) is 11.4 Å². The van der Waals surface area contributed by atoms with Crippen molar-refractivity contribution in [2.24, 2.45) is 0 Å². The van der Waals surface area contributed by atoms with Gasteiger partial charge in [-0.05, 0) is 43.7 Å². The lowest BCUT2D eigenvalue weighted by atomic mass is 10.2. The molecule has 0 saturated carbocycles. The van der Waals surface area contributed by atoms with Gasteiger partial charge < -0.3 is 10.2 Å². The van der Waals surface area contributed by atoms with E-state index >= 15 is 0 Å². The Morgan fingerprint density at radius 2 is 2.00 bits per heavy atom. The molecule has 1 amide bonds. The summed E-state index contributed by atoms with van der Waals surface area (Å²) in [6.07, 6.45) is 1.81. The van der Waals surface area contributed by atoms with Gasteiger partial charge in [-0.2, -0.15) is 0 Å². The molecule has 0 aliphatic carbocycles. The summed E-state index contributed by atoms with van der Waals surface area (Å²) in [6, 6.07) is 11.7. The fourth-order valence-electron chi connectivity index (χ4n) is 3.03. The molecule has 7 heteroatoms. The fourth-order valence-corrected chi connectivity index (χ4v) is 5.72. The average Bonchev–Trinajstić information content (AvgIpc) is 3.31. The fraction of sp³-hybridized carbons (Fsp3) is 0.389. The summed E-state index contributed by atoms with van der Waals surface area (Å²) >= 11 is 1.06. The van der Waals surface area contributed by atoms with Gasteiger partial charge >= 0.3 is 0 Å². The van der Waals surface area contributed by atoms with Crippen LogP contribution in [0, 0.1) is 0 Å². The zero-order valence-corrected chi connectivity index (χ0v) is 15.8. The topological polar surface area (TPSA) is 66.5 Å². The summed E-state index contributed by atoms with van der Waals surface area (Å²) in [6.45, 7) is 4.44. The minimum Gasteiger partial charge on any atom is -0.334 e. The van der Waals surface area contributed by atoms with E-state index in [4.69, 9.17) is 0 Å². The van der Waals surface area contributed by atoms with Crippen LogP contribution in [0.2, 0.25) is 0 Å². The molecular weight excluding hydrogens is 356 g/mol. The summed E-state index contributed by atoms with van der Waals surface area (Å²) in [5.74, 6) is -0.0740. The Balaban J connectivity index is 1.86. The molecule has 0 radical (unpaired) electrons. The van der Waals surface area contributed by atoms with Crippen LogP contribution in [-0.4, -0.2) is 44.9 Å². The first-order valence-corrected chi connectivity index (χ1v) is 10.8. The molecule has 1 aliphatic heterocycles. The van der Waals surface area contributed by atoms with Gasteiger partial charge in [0.25, 0.3) is 5.91 Å². The molecule has 134 valence electrons. The quantitative estimate of drug-likeness (QED) is 0.839. The highest BCUT2D eigenvalue weighted by molar-refractivity contribution is 7.93. The first kappa shape index (κ1) is 18.1. The molecule has 1 aromatic carbocycles. The lowest BCUT2D eigenvalue weighted by Crippen LogP contribution is -2.41. The van der Waals surface area contributed by atoms with Crippen LogP contribution in [0.3, 0.4) is 0 Å². The van der Waals surface area contributed by atoms with Crippen molar-refractivity contribution in [2.75, 3.05) is 19.6 Å². The van der Waals surface area contributed by atoms with Gasteiger partial charge in [-0.25, -0.2) is 8.42 Å². The van der Waals surface area contributed by atoms with Gasteiger partial charge in [-0.15, -0.1) is 11.3 Å². The number of thiophene rings is 1. The van der Waals surface area contributed by atoms with Crippen LogP contribution >= 0.6 is 11.3 Å². The van der Waals surface area contributed by atoms with Gasteiger partial charge in [0.1, 0.15) is 4.21 Å². The standard InChI is InChI=1S/C18H22N2O3S2/c1-2-12-20(14-10-11-19-13-14)18(21)16-8-9-17(24-16)25(22,23)15-6-4-3-5-7-15/h3-9,14,19H,2,10-13H2,1H3. The average molecular weight is 379 g/mol. The normalized spacial score (nSPS) is 17.6. The van der Waals surface area contributed by atoms with E-state index < -0.39 is 9.84 Å². The lowest BCUT2D eigenvalue weighted by Gasteiger charge is -2.27. The van der Waals surface area contributed by atoms with E-state index in [1.807, 2.05) is 11.8 Å². The molecule has 0 spiro atoms. The summed E-state index contributed by atoms with van der Waals surface area (Å²) in [5, 5.41) is 3.28. The number of sulfone groups is 1. The maximum absolute atomic E-state index is 12.9. The highest BCUT2D eigenvalue weighted by Crippen LogP contribution is 2.29. The molecule has 3 rings (SSSR count). The van der Waals surface area contributed by atoms with Gasteiger partial charge in [0.05, 0.1) is 9.77 Å². The first-order chi connectivity index (χ1) is 12.0. The summed E-state index contributed by atoms with van der Waals surface area (Å²) in [4.78, 5) is 15.5. The van der Waals surface area contributed by atoms with Gasteiger partial charge in [-0.3, -0.25) is 4.79 Å². The van der Waals surface area contributed by atoms with Crippen molar-refractivity contribution in [2.45, 2.75) is 34.9 Å². The second-order valence-electron chi connectivity index (χ2n) is 6.08. The van der Waals surface area contributed by atoms with Crippen LogP contribution in [0.1, 0.15) is 29.4 Å². The Morgan fingerprint density at radius 1 is 1.24 bits per heavy atom. The molecule has 0 bridgehead atoms. The second-order valence-corrected chi connectivity index (χ2v) is 9.34. The molecule has 5 nitrogen and oxygen atoms in total. The van der Waals surface area contributed by atoms with Crippen LogP contribution < -0.4 is 5.32 Å². The Kier molecular flexibility index (Phi) is 5.56.